The van der Waals surface area contributed by atoms with Crippen molar-refractivity contribution in [3.05, 3.63) is 64.7 Å². The Kier molecular flexibility index (Phi) is 6.76. The van der Waals surface area contributed by atoms with Gasteiger partial charge in [0.2, 0.25) is 12.7 Å². The van der Waals surface area contributed by atoms with Crippen LogP contribution in [-0.2, 0) is 17.9 Å². The van der Waals surface area contributed by atoms with Crippen molar-refractivity contribution < 1.29 is 14.3 Å². The van der Waals surface area contributed by atoms with Gasteiger partial charge in [-0.25, -0.2) is 4.98 Å². The van der Waals surface area contributed by atoms with Crippen LogP contribution in [0.3, 0.4) is 0 Å². The molecule has 2 aliphatic heterocycles. The first-order valence-electron chi connectivity index (χ1n) is 12.0. The van der Waals surface area contributed by atoms with Crippen LogP contribution in [0.4, 0.5) is 0 Å². The molecule has 0 N–H and O–H groups in total. The molecule has 0 spiro atoms. The third kappa shape index (κ3) is 5.07. The van der Waals surface area contributed by atoms with Crippen molar-refractivity contribution in [3.8, 4) is 11.5 Å². The Morgan fingerprint density at radius 1 is 0.941 bits per heavy atom. The van der Waals surface area contributed by atoms with E-state index in [4.69, 9.17) is 9.47 Å². The molecule has 1 amide bonds. The maximum atomic E-state index is 12.6. The van der Waals surface area contributed by atoms with Crippen LogP contribution in [0, 0.1) is 0 Å². The molecule has 0 atom stereocenters. The zero-order valence-corrected chi connectivity index (χ0v) is 19.3. The standard InChI is InChI=1S/C26H30N4O4/c31-25(8-2-1-5-11-30-18-27-22-7-4-3-6-21(22)26(30)32)29-14-12-28(13-15-29)17-20-9-10-23-24(16-20)34-19-33-23/h3-4,6-7,9-10,16,18H,1-2,5,8,11-15,17,19H2. The van der Waals surface area contributed by atoms with E-state index in [1.54, 1.807) is 10.9 Å². The van der Waals surface area contributed by atoms with Gasteiger partial charge in [0.25, 0.3) is 5.56 Å². The number of para-hydroxylation sites is 1. The minimum atomic E-state index is 0.000273. The van der Waals surface area contributed by atoms with Crippen molar-refractivity contribution in [2.24, 2.45) is 0 Å². The summed E-state index contributed by atoms with van der Waals surface area (Å²) < 4.78 is 12.5. The molecule has 178 valence electrons. The van der Waals surface area contributed by atoms with Gasteiger partial charge in [0.1, 0.15) is 0 Å². The number of rotatable bonds is 8. The number of aromatic nitrogens is 2. The van der Waals surface area contributed by atoms with Gasteiger partial charge in [0.05, 0.1) is 17.2 Å². The highest BCUT2D eigenvalue weighted by Crippen LogP contribution is 2.32. The Morgan fingerprint density at radius 3 is 2.65 bits per heavy atom. The molecule has 1 fully saturated rings. The third-order valence-electron chi connectivity index (χ3n) is 6.59. The zero-order chi connectivity index (χ0) is 23.3. The lowest BCUT2D eigenvalue weighted by Gasteiger charge is -2.34. The molecule has 1 aromatic heterocycles. The molecule has 0 aliphatic carbocycles. The summed E-state index contributed by atoms with van der Waals surface area (Å²) in [5, 5.41) is 0.651. The van der Waals surface area contributed by atoms with Gasteiger partial charge in [-0.05, 0) is 42.7 Å². The van der Waals surface area contributed by atoms with Gasteiger partial charge in [-0.1, -0.05) is 24.6 Å². The third-order valence-corrected chi connectivity index (χ3v) is 6.59. The van der Waals surface area contributed by atoms with Gasteiger partial charge in [0, 0.05) is 45.7 Å². The molecule has 2 aliphatic rings. The Bertz CT molecular complexity index is 1220. The van der Waals surface area contributed by atoms with E-state index in [0.29, 0.717) is 25.1 Å². The first-order chi connectivity index (χ1) is 16.7. The number of fused-ring (bicyclic) bond motifs is 2. The highest BCUT2D eigenvalue weighted by atomic mass is 16.7. The molecule has 8 nitrogen and oxygen atoms in total. The summed E-state index contributed by atoms with van der Waals surface area (Å²) in [5.74, 6) is 1.85. The predicted molar refractivity (Wildman–Crippen MR) is 129 cm³/mol. The van der Waals surface area contributed by atoms with E-state index in [1.807, 2.05) is 41.3 Å². The fourth-order valence-electron chi connectivity index (χ4n) is 4.61. The summed E-state index contributed by atoms with van der Waals surface area (Å²) in [5.41, 5.74) is 1.93. The number of amides is 1. The number of benzene rings is 2. The van der Waals surface area contributed by atoms with E-state index in [0.717, 1.165) is 69.0 Å². The molecule has 3 heterocycles. The van der Waals surface area contributed by atoms with E-state index >= 15 is 0 Å². The average molecular weight is 463 g/mol. The fourth-order valence-corrected chi connectivity index (χ4v) is 4.61. The summed E-state index contributed by atoms with van der Waals surface area (Å²) >= 11 is 0. The number of ether oxygens (including phenoxy) is 2. The number of unbranched alkanes of at least 4 members (excludes halogenated alkanes) is 2. The Balaban J connectivity index is 1.01. The quantitative estimate of drug-likeness (QED) is 0.479. The molecule has 3 aromatic rings. The normalized spacial score (nSPS) is 15.7. The highest BCUT2D eigenvalue weighted by molar-refractivity contribution is 5.77. The monoisotopic (exact) mass is 462 g/mol. The summed E-state index contributed by atoms with van der Waals surface area (Å²) in [7, 11) is 0. The number of aryl methyl sites for hydroxylation is 1. The van der Waals surface area contributed by atoms with Crippen molar-refractivity contribution in [1.82, 2.24) is 19.4 Å². The summed E-state index contributed by atoms with van der Waals surface area (Å²) in [6.45, 7) is 5.04. The van der Waals surface area contributed by atoms with Crippen LogP contribution < -0.4 is 15.0 Å². The maximum Gasteiger partial charge on any atom is 0.261 e. The first-order valence-corrected chi connectivity index (χ1v) is 12.0. The number of nitrogens with zero attached hydrogens (tertiary/aromatic N) is 4. The molecule has 8 heteroatoms. The Morgan fingerprint density at radius 2 is 1.76 bits per heavy atom. The smallest absolute Gasteiger partial charge is 0.261 e. The summed E-state index contributed by atoms with van der Waals surface area (Å²) in [6.07, 6.45) is 4.80. The van der Waals surface area contributed by atoms with E-state index in [-0.39, 0.29) is 11.5 Å². The van der Waals surface area contributed by atoms with Crippen LogP contribution in [0.25, 0.3) is 10.9 Å². The number of carbonyl (C=O) groups excluding carboxylic acids is 1. The fraction of sp³-hybridized carbons (Fsp3) is 0.423. The average Bonchev–Trinajstić information content (AvgIpc) is 3.33. The second-order valence-electron chi connectivity index (χ2n) is 8.92. The van der Waals surface area contributed by atoms with Crippen molar-refractivity contribution in [2.75, 3.05) is 33.0 Å². The van der Waals surface area contributed by atoms with Crippen LogP contribution in [0.15, 0.2) is 53.6 Å². The summed E-state index contributed by atoms with van der Waals surface area (Å²) in [6, 6.07) is 13.5. The molecule has 0 saturated carbocycles. The van der Waals surface area contributed by atoms with Gasteiger partial charge < -0.3 is 14.4 Å². The SMILES string of the molecule is O=C(CCCCCn1cnc2ccccc2c1=O)N1CCN(Cc2ccc3c(c2)OCO3)CC1. The number of hydrogen-bond acceptors (Lipinski definition) is 6. The summed E-state index contributed by atoms with van der Waals surface area (Å²) in [4.78, 5) is 33.9. The molecule has 34 heavy (non-hydrogen) atoms. The lowest BCUT2D eigenvalue weighted by atomic mass is 10.1. The zero-order valence-electron chi connectivity index (χ0n) is 19.3. The van der Waals surface area contributed by atoms with Crippen molar-refractivity contribution >= 4 is 16.8 Å². The minimum absolute atomic E-state index is 0.000273. The predicted octanol–water partition coefficient (Wildman–Crippen LogP) is 3.03. The van der Waals surface area contributed by atoms with Crippen molar-refractivity contribution in [1.29, 1.82) is 0 Å². The van der Waals surface area contributed by atoms with E-state index < -0.39 is 0 Å². The van der Waals surface area contributed by atoms with E-state index in [2.05, 4.69) is 16.0 Å². The van der Waals surface area contributed by atoms with E-state index in [1.165, 1.54) is 5.56 Å². The van der Waals surface area contributed by atoms with Gasteiger partial charge in [-0.3, -0.25) is 19.1 Å². The largest absolute Gasteiger partial charge is 0.454 e. The van der Waals surface area contributed by atoms with Crippen LogP contribution in [0.5, 0.6) is 11.5 Å². The molecule has 5 rings (SSSR count). The maximum absolute atomic E-state index is 12.6. The van der Waals surface area contributed by atoms with E-state index in [9.17, 15) is 9.59 Å². The van der Waals surface area contributed by atoms with Crippen molar-refractivity contribution in [2.45, 2.75) is 38.8 Å². The first kappa shape index (κ1) is 22.4. The van der Waals surface area contributed by atoms with Gasteiger partial charge in [-0.15, -0.1) is 0 Å². The van der Waals surface area contributed by atoms with Crippen LogP contribution in [-0.4, -0.2) is 58.2 Å². The molecular formula is C26H30N4O4. The molecule has 0 bridgehead atoms. The number of carbonyl (C=O) groups is 1. The Hall–Kier alpha value is -3.39. The van der Waals surface area contributed by atoms with Gasteiger partial charge in [0.15, 0.2) is 11.5 Å². The molecule has 2 aromatic carbocycles. The minimum Gasteiger partial charge on any atom is -0.454 e. The van der Waals surface area contributed by atoms with Crippen molar-refractivity contribution in [3.63, 3.8) is 0 Å². The highest BCUT2D eigenvalue weighted by Gasteiger charge is 2.21. The number of hydrogen-bond donors (Lipinski definition) is 0. The molecule has 1 saturated heterocycles. The Labute approximate surface area is 198 Å². The topological polar surface area (TPSA) is 76.9 Å². The molecule has 0 radical (unpaired) electrons. The van der Waals surface area contributed by atoms with Crippen LogP contribution in [0.1, 0.15) is 31.2 Å². The molecular weight excluding hydrogens is 432 g/mol. The lowest BCUT2D eigenvalue weighted by Crippen LogP contribution is -2.48. The van der Waals surface area contributed by atoms with Gasteiger partial charge in [-0.2, -0.15) is 0 Å². The lowest BCUT2D eigenvalue weighted by molar-refractivity contribution is -0.133. The molecule has 0 unspecified atom stereocenters. The second kappa shape index (κ2) is 10.3. The van der Waals surface area contributed by atoms with Crippen LogP contribution in [0.2, 0.25) is 0 Å². The van der Waals surface area contributed by atoms with Gasteiger partial charge >= 0.3 is 0 Å². The van der Waals surface area contributed by atoms with Crippen LogP contribution >= 0.6 is 0 Å². The number of piperazine rings is 1. The second-order valence-corrected chi connectivity index (χ2v) is 8.92.